The molecule has 0 aliphatic heterocycles. The number of aryl methyl sites for hydroxylation is 1. The van der Waals surface area contributed by atoms with Crippen LogP contribution < -0.4 is 0 Å². The Kier molecular flexibility index (Phi) is 5.44. The van der Waals surface area contributed by atoms with E-state index in [1.165, 1.54) is 0 Å². The molecule has 124 valence electrons. The third kappa shape index (κ3) is 4.12. The topological polar surface area (TPSA) is 66.6 Å². The Balaban J connectivity index is 2.19. The minimum Gasteiger partial charge on any atom is -0.481 e. The lowest BCUT2D eigenvalue weighted by atomic mass is 10.1. The van der Waals surface area contributed by atoms with Crippen molar-refractivity contribution in [3.8, 4) is 11.3 Å². The normalized spacial score (nSPS) is 14.0. The largest absolute Gasteiger partial charge is 0.481 e. The first-order valence-corrected chi connectivity index (χ1v) is 7.83. The molecule has 23 heavy (non-hydrogen) atoms. The molecule has 2 rings (SSSR count). The van der Waals surface area contributed by atoms with Crippen molar-refractivity contribution in [1.29, 1.82) is 0 Å². The highest BCUT2D eigenvalue weighted by atomic mass is 35.5. The Hall–Kier alpha value is -1.85. The van der Waals surface area contributed by atoms with Gasteiger partial charge in [-0.1, -0.05) is 18.5 Å². The molecule has 0 aliphatic carbocycles. The van der Waals surface area contributed by atoms with Gasteiger partial charge in [0.25, 0.3) is 0 Å². The highest BCUT2D eigenvalue weighted by Gasteiger charge is 2.23. The second kappa shape index (κ2) is 7.15. The van der Waals surface area contributed by atoms with Gasteiger partial charge in [0.2, 0.25) is 5.89 Å². The maximum absolute atomic E-state index is 11.0. The number of hydrogen-bond acceptors (Lipinski definition) is 4. The van der Waals surface area contributed by atoms with Crippen molar-refractivity contribution < 1.29 is 14.3 Å². The molecule has 2 atom stereocenters. The summed E-state index contributed by atoms with van der Waals surface area (Å²) in [7, 11) is 1.87. The van der Waals surface area contributed by atoms with E-state index in [-0.39, 0.29) is 6.04 Å². The van der Waals surface area contributed by atoms with Gasteiger partial charge in [-0.3, -0.25) is 9.69 Å². The lowest BCUT2D eigenvalue weighted by molar-refractivity contribution is -0.141. The van der Waals surface area contributed by atoms with Gasteiger partial charge in [-0.25, -0.2) is 4.98 Å². The molecule has 0 amide bonds. The Bertz CT molecular complexity index is 682. The van der Waals surface area contributed by atoms with Crippen LogP contribution in [0, 0.1) is 12.8 Å². The average Bonchev–Trinajstić information content (AvgIpc) is 2.89. The summed E-state index contributed by atoms with van der Waals surface area (Å²) in [5.41, 5.74) is 1.72. The van der Waals surface area contributed by atoms with Gasteiger partial charge in [-0.2, -0.15) is 0 Å². The van der Waals surface area contributed by atoms with Crippen molar-refractivity contribution in [3.05, 3.63) is 40.9 Å². The van der Waals surface area contributed by atoms with E-state index < -0.39 is 11.9 Å². The monoisotopic (exact) mass is 336 g/mol. The number of oxazole rings is 1. The van der Waals surface area contributed by atoms with E-state index in [1.54, 1.807) is 6.92 Å². The van der Waals surface area contributed by atoms with Crippen LogP contribution in [0.1, 0.15) is 31.5 Å². The Labute approximate surface area is 140 Å². The lowest BCUT2D eigenvalue weighted by Crippen LogP contribution is -2.30. The summed E-state index contributed by atoms with van der Waals surface area (Å²) in [4.78, 5) is 17.4. The van der Waals surface area contributed by atoms with Crippen molar-refractivity contribution >= 4 is 17.6 Å². The van der Waals surface area contributed by atoms with Crippen LogP contribution >= 0.6 is 11.6 Å². The van der Waals surface area contributed by atoms with Crippen LogP contribution in [0.2, 0.25) is 5.02 Å². The van der Waals surface area contributed by atoms with Gasteiger partial charge in [0, 0.05) is 17.1 Å². The quantitative estimate of drug-likeness (QED) is 0.863. The predicted octanol–water partition coefficient (Wildman–Crippen LogP) is 4.02. The third-order valence-corrected chi connectivity index (χ3v) is 4.17. The van der Waals surface area contributed by atoms with E-state index in [9.17, 15) is 4.79 Å². The number of benzene rings is 1. The van der Waals surface area contributed by atoms with Gasteiger partial charge in [0.1, 0.15) is 0 Å². The average molecular weight is 337 g/mol. The number of aliphatic carboxylic acids is 1. The molecule has 0 spiro atoms. The molecule has 1 heterocycles. The number of carboxylic acids is 1. The second-order valence-electron chi connectivity index (χ2n) is 5.83. The summed E-state index contributed by atoms with van der Waals surface area (Å²) in [6.45, 7) is 5.95. The van der Waals surface area contributed by atoms with E-state index in [0.717, 1.165) is 11.3 Å². The Morgan fingerprint density at radius 2 is 1.96 bits per heavy atom. The SMILES string of the molecule is Cc1nc(C(C)N(C)CC(C)C(=O)O)oc1-c1ccc(Cl)cc1. The number of nitrogens with zero attached hydrogens (tertiary/aromatic N) is 2. The van der Waals surface area contributed by atoms with Gasteiger partial charge < -0.3 is 9.52 Å². The summed E-state index contributed by atoms with van der Waals surface area (Å²) >= 11 is 5.91. The number of halogens is 1. The number of aromatic nitrogens is 1. The molecule has 0 saturated heterocycles. The summed E-state index contributed by atoms with van der Waals surface area (Å²) in [6, 6.07) is 7.28. The molecule has 0 bridgehead atoms. The molecule has 0 fully saturated rings. The molecule has 1 aromatic heterocycles. The van der Waals surface area contributed by atoms with E-state index in [2.05, 4.69) is 4.98 Å². The zero-order chi connectivity index (χ0) is 17.1. The summed E-state index contributed by atoms with van der Waals surface area (Å²) in [6.07, 6.45) is 0. The summed E-state index contributed by atoms with van der Waals surface area (Å²) < 4.78 is 5.92. The van der Waals surface area contributed by atoms with Gasteiger partial charge in [0.15, 0.2) is 5.76 Å². The van der Waals surface area contributed by atoms with E-state index in [4.69, 9.17) is 21.1 Å². The van der Waals surface area contributed by atoms with Crippen LogP contribution in [0.3, 0.4) is 0 Å². The lowest BCUT2D eigenvalue weighted by Gasteiger charge is -2.23. The number of carboxylic acid groups (broad SMARTS) is 1. The fourth-order valence-electron chi connectivity index (χ4n) is 2.32. The standard InChI is InChI=1S/C17H21ClN2O3/c1-10(17(21)22)9-20(4)12(3)16-19-11(2)15(23-16)13-5-7-14(18)8-6-13/h5-8,10,12H,9H2,1-4H3,(H,21,22). The van der Waals surface area contributed by atoms with E-state index in [1.807, 2.05) is 50.1 Å². The molecule has 0 saturated carbocycles. The molecule has 0 aliphatic rings. The maximum Gasteiger partial charge on any atom is 0.307 e. The first kappa shape index (κ1) is 17.5. The van der Waals surface area contributed by atoms with Crippen LogP contribution in [0.15, 0.2) is 28.7 Å². The minimum atomic E-state index is -0.811. The van der Waals surface area contributed by atoms with Crippen molar-refractivity contribution in [3.63, 3.8) is 0 Å². The molecule has 5 nitrogen and oxygen atoms in total. The molecule has 2 aromatic rings. The summed E-state index contributed by atoms with van der Waals surface area (Å²) in [5, 5.41) is 9.69. The van der Waals surface area contributed by atoms with Crippen LogP contribution in [0.25, 0.3) is 11.3 Å². The smallest absolute Gasteiger partial charge is 0.307 e. The van der Waals surface area contributed by atoms with Crippen molar-refractivity contribution in [2.75, 3.05) is 13.6 Å². The summed E-state index contributed by atoms with van der Waals surface area (Å²) in [5.74, 6) is 0.0273. The van der Waals surface area contributed by atoms with Gasteiger partial charge in [-0.15, -0.1) is 0 Å². The maximum atomic E-state index is 11.0. The first-order valence-electron chi connectivity index (χ1n) is 7.46. The van der Waals surface area contributed by atoms with Crippen LogP contribution in [-0.4, -0.2) is 34.6 Å². The van der Waals surface area contributed by atoms with Gasteiger partial charge in [-0.05, 0) is 45.2 Å². The van der Waals surface area contributed by atoms with E-state index in [0.29, 0.717) is 23.2 Å². The fraction of sp³-hybridized carbons (Fsp3) is 0.412. The molecular formula is C17H21ClN2O3. The molecular weight excluding hydrogens is 316 g/mol. The fourth-order valence-corrected chi connectivity index (χ4v) is 2.45. The molecule has 1 aromatic carbocycles. The highest BCUT2D eigenvalue weighted by molar-refractivity contribution is 6.30. The zero-order valence-electron chi connectivity index (χ0n) is 13.7. The first-order chi connectivity index (χ1) is 10.8. The molecule has 0 radical (unpaired) electrons. The number of hydrogen-bond donors (Lipinski definition) is 1. The van der Waals surface area contributed by atoms with Gasteiger partial charge in [0.05, 0.1) is 17.7 Å². The predicted molar refractivity (Wildman–Crippen MR) is 89.5 cm³/mol. The van der Waals surface area contributed by atoms with Crippen molar-refractivity contribution in [1.82, 2.24) is 9.88 Å². The van der Waals surface area contributed by atoms with Crippen molar-refractivity contribution in [2.45, 2.75) is 26.8 Å². The Morgan fingerprint density at radius 1 is 1.35 bits per heavy atom. The highest BCUT2D eigenvalue weighted by Crippen LogP contribution is 2.29. The number of rotatable bonds is 6. The third-order valence-electron chi connectivity index (χ3n) is 3.92. The molecule has 1 N–H and O–H groups in total. The molecule has 2 unspecified atom stereocenters. The Morgan fingerprint density at radius 3 is 2.52 bits per heavy atom. The minimum absolute atomic E-state index is 0.114. The van der Waals surface area contributed by atoms with Crippen LogP contribution in [0.5, 0.6) is 0 Å². The molecule has 6 heteroatoms. The van der Waals surface area contributed by atoms with Crippen LogP contribution in [0.4, 0.5) is 0 Å². The van der Waals surface area contributed by atoms with Crippen molar-refractivity contribution in [2.24, 2.45) is 5.92 Å². The van der Waals surface area contributed by atoms with Crippen LogP contribution in [-0.2, 0) is 4.79 Å². The van der Waals surface area contributed by atoms with Gasteiger partial charge >= 0.3 is 5.97 Å². The number of carbonyl (C=O) groups is 1. The second-order valence-corrected chi connectivity index (χ2v) is 6.26. The zero-order valence-corrected chi connectivity index (χ0v) is 14.5. The van der Waals surface area contributed by atoms with E-state index >= 15 is 0 Å².